The summed E-state index contributed by atoms with van der Waals surface area (Å²) < 4.78 is 0. The molecule has 1 aliphatic carbocycles. The summed E-state index contributed by atoms with van der Waals surface area (Å²) in [4.78, 5) is 14.2. The fourth-order valence-electron chi connectivity index (χ4n) is 4.09. The molecule has 0 N–H and O–H groups in total. The summed E-state index contributed by atoms with van der Waals surface area (Å²) in [5, 5.41) is 0. The number of nitrogens with zero attached hydrogens (tertiary/aromatic N) is 1. The molecule has 1 aliphatic heterocycles. The molecule has 0 aromatic carbocycles. The SMILES string of the molecule is CCC1(CC)CCN(CC2(C=O)CCC(C)CC2)C1. The van der Waals surface area contributed by atoms with Crippen LogP contribution >= 0.6 is 0 Å². The second-order valence-electron chi connectivity index (χ2n) is 7.33. The second-order valence-corrected chi connectivity index (χ2v) is 7.33. The maximum atomic E-state index is 11.7. The van der Waals surface area contributed by atoms with Gasteiger partial charge in [-0.2, -0.15) is 0 Å². The van der Waals surface area contributed by atoms with Crippen LogP contribution in [0.5, 0.6) is 0 Å². The highest BCUT2D eigenvalue weighted by Crippen LogP contribution is 2.42. The fourth-order valence-corrected chi connectivity index (χ4v) is 4.09. The lowest BCUT2D eigenvalue weighted by Gasteiger charge is -2.38. The van der Waals surface area contributed by atoms with Crippen molar-refractivity contribution in [1.29, 1.82) is 0 Å². The van der Waals surface area contributed by atoms with Crippen molar-refractivity contribution in [1.82, 2.24) is 4.90 Å². The van der Waals surface area contributed by atoms with E-state index in [2.05, 4.69) is 25.7 Å². The van der Waals surface area contributed by atoms with Gasteiger partial charge in [-0.05, 0) is 62.8 Å². The molecule has 19 heavy (non-hydrogen) atoms. The van der Waals surface area contributed by atoms with E-state index in [0.29, 0.717) is 5.41 Å². The van der Waals surface area contributed by atoms with Gasteiger partial charge in [-0.1, -0.05) is 20.8 Å². The maximum Gasteiger partial charge on any atom is 0.127 e. The summed E-state index contributed by atoms with van der Waals surface area (Å²) in [6.07, 6.45) is 9.87. The lowest BCUT2D eigenvalue weighted by Crippen LogP contribution is -2.41. The van der Waals surface area contributed by atoms with Gasteiger partial charge in [0.05, 0.1) is 0 Å². The Morgan fingerprint density at radius 3 is 2.26 bits per heavy atom. The van der Waals surface area contributed by atoms with Crippen molar-refractivity contribution in [3.8, 4) is 0 Å². The Hall–Kier alpha value is -0.370. The van der Waals surface area contributed by atoms with Crippen molar-refractivity contribution in [2.45, 2.75) is 65.7 Å². The predicted octanol–water partition coefficient (Wildman–Crippen LogP) is 3.89. The lowest BCUT2D eigenvalue weighted by molar-refractivity contribution is -0.119. The molecule has 0 aromatic heterocycles. The van der Waals surface area contributed by atoms with Crippen LogP contribution in [0.1, 0.15) is 65.7 Å². The molecule has 1 heterocycles. The smallest absolute Gasteiger partial charge is 0.127 e. The zero-order valence-electron chi connectivity index (χ0n) is 13.1. The first-order valence-electron chi connectivity index (χ1n) is 8.26. The first kappa shape index (κ1) is 15.0. The van der Waals surface area contributed by atoms with Crippen molar-refractivity contribution >= 4 is 6.29 Å². The molecular weight excluding hydrogens is 234 g/mol. The molecule has 0 spiro atoms. The highest BCUT2D eigenvalue weighted by molar-refractivity contribution is 5.60. The summed E-state index contributed by atoms with van der Waals surface area (Å²) in [7, 11) is 0. The van der Waals surface area contributed by atoms with Gasteiger partial charge in [-0.3, -0.25) is 0 Å². The quantitative estimate of drug-likeness (QED) is 0.703. The predicted molar refractivity (Wildman–Crippen MR) is 80.2 cm³/mol. The van der Waals surface area contributed by atoms with Crippen molar-refractivity contribution in [2.75, 3.05) is 19.6 Å². The summed E-state index contributed by atoms with van der Waals surface area (Å²) in [6.45, 7) is 10.4. The van der Waals surface area contributed by atoms with E-state index < -0.39 is 0 Å². The minimum Gasteiger partial charge on any atom is -0.303 e. The number of hydrogen-bond donors (Lipinski definition) is 0. The molecule has 0 bridgehead atoms. The van der Waals surface area contributed by atoms with E-state index in [1.54, 1.807) is 0 Å². The largest absolute Gasteiger partial charge is 0.303 e. The highest BCUT2D eigenvalue weighted by atomic mass is 16.1. The monoisotopic (exact) mass is 265 g/mol. The molecular formula is C17H31NO. The van der Waals surface area contributed by atoms with E-state index in [4.69, 9.17) is 0 Å². The van der Waals surface area contributed by atoms with Gasteiger partial charge >= 0.3 is 0 Å². The maximum absolute atomic E-state index is 11.7. The number of carbonyl (C=O) groups is 1. The molecule has 2 rings (SSSR count). The lowest BCUT2D eigenvalue weighted by atomic mass is 9.71. The van der Waals surface area contributed by atoms with E-state index in [-0.39, 0.29) is 5.41 Å². The van der Waals surface area contributed by atoms with Crippen molar-refractivity contribution in [3.05, 3.63) is 0 Å². The van der Waals surface area contributed by atoms with Crippen molar-refractivity contribution in [2.24, 2.45) is 16.7 Å². The fraction of sp³-hybridized carbons (Fsp3) is 0.941. The van der Waals surface area contributed by atoms with Crippen LogP contribution in [-0.2, 0) is 4.79 Å². The van der Waals surface area contributed by atoms with Gasteiger partial charge < -0.3 is 9.69 Å². The molecule has 2 aliphatic rings. The zero-order valence-corrected chi connectivity index (χ0v) is 13.1. The molecule has 0 aromatic rings. The van der Waals surface area contributed by atoms with E-state index in [0.717, 1.165) is 25.3 Å². The number of rotatable bonds is 5. The third-order valence-corrected chi connectivity index (χ3v) is 6.08. The van der Waals surface area contributed by atoms with E-state index in [9.17, 15) is 4.79 Å². The van der Waals surface area contributed by atoms with Gasteiger partial charge in [0.25, 0.3) is 0 Å². The molecule has 2 fully saturated rings. The average Bonchev–Trinajstić information content (AvgIpc) is 2.85. The molecule has 110 valence electrons. The highest BCUT2D eigenvalue weighted by Gasteiger charge is 2.40. The summed E-state index contributed by atoms with van der Waals surface area (Å²) >= 11 is 0. The number of carbonyl (C=O) groups excluding carboxylic acids is 1. The number of likely N-dealkylation sites (tertiary alicyclic amines) is 1. The topological polar surface area (TPSA) is 20.3 Å². The van der Waals surface area contributed by atoms with Gasteiger partial charge in [-0.15, -0.1) is 0 Å². The van der Waals surface area contributed by atoms with E-state index >= 15 is 0 Å². The summed E-state index contributed by atoms with van der Waals surface area (Å²) in [6, 6.07) is 0. The second kappa shape index (κ2) is 5.95. The zero-order chi connectivity index (χ0) is 13.9. The molecule has 1 saturated carbocycles. The van der Waals surface area contributed by atoms with E-state index in [1.807, 2.05) is 0 Å². The Morgan fingerprint density at radius 2 is 1.79 bits per heavy atom. The van der Waals surface area contributed by atoms with E-state index in [1.165, 1.54) is 51.5 Å². The Morgan fingerprint density at radius 1 is 1.16 bits per heavy atom. The van der Waals surface area contributed by atoms with Gasteiger partial charge in [0, 0.05) is 18.5 Å². The molecule has 0 atom stereocenters. The Balaban J connectivity index is 1.95. The Kier molecular flexibility index (Phi) is 4.70. The summed E-state index contributed by atoms with van der Waals surface area (Å²) in [5.74, 6) is 0.817. The van der Waals surface area contributed by atoms with Crippen LogP contribution in [0.4, 0.5) is 0 Å². The minimum absolute atomic E-state index is 0.0237. The van der Waals surface area contributed by atoms with Crippen LogP contribution in [0.15, 0.2) is 0 Å². The number of hydrogen-bond acceptors (Lipinski definition) is 2. The Bertz CT molecular complexity index is 300. The molecule has 0 unspecified atom stereocenters. The third kappa shape index (κ3) is 3.21. The molecule has 0 radical (unpaired) electrons. The van der Waals surface area contributed by atoms with Crippen molar-refractivity contribution < 1.29 is 4.79 Å². The first-order chi connectivity index (χ1) is 9.07. The Labute approximate surface area is 118 Å². The van der Waals surface area contributed by atoms with Gasteiger partial charge in [0.15, 0.2) is 0 Å². The first-order valence-corrected chi connectivity index (χ1v) is 8.26. The van der Waals surface area contributed by atoms with Crippen LogP contribution in [0.2, 0.25) is 0 Å². The molecule has 2 nitrogen and oxygen atoms in total. The normalized spacial score (nSPS) is 35.4. The van der Waals surface area contributed by atoms with Crippen LogP contribution in [0.3, 0.4) is 0 Å². The standard InChI is InChI=1S/C17H31NO/c1-4-16(5-2)10-11-18(12-16)13-17(14-19)8-6-15(3)7-9-17/h14-15H,4-13H2,1-3H3. The van der Waals surface area contributed by atoms with Crippen LogP contribution in [0, 0.1) is 16.7 Å². The number of aldehydes is 1. The molecule has 2 heteroatoms. The van der Waals surface area contributed by atoms with Crippen LogP contribution in [-0.4, -0.2) is 30.8 Å². The minimum atomic E-state index is -0.0237. The summed E-state index contributed by atoms with van der Waals surface area (Å²) in [5.41, 5.74) is 0.510. The van der Waals surface area contributed by atoms with Gasteiger partial charge in [-0.25, -0.2) is 0 Å². The average molecular weight is 265 g/mol. The van der Waals surface area contributed by atoms with Crippen LogP contribution < -0.4 is 0 Å². The third-order valence-electron chi connectivity index (χ3n) is 6.08. The van der Waals surface area contributed by atoms with Gasteiger partial charge in [0.2, 0.25) is 0 Å². The molecule has 1 saturated heterocycles. The van der Waals surface area contributed by atoms with Crippen molar-refractivity contribution in [3.63, 3.8) is 0 Å². The van der Waals surface area contributed by atoms with Gasteiger partial charge in [0.1, 0.15) is 6.29 Å². The molecule has 0 amide bonds. The van der Waals surface area contributed by atoms with Crippen LogP contribution in [0.25, 0.3) is 0 Å².